The second kappa shape index (κ2) is 5.55. The molecule has 6 heteroatoms. The number of esters is 1. The maximum absolute atomic E-state index is 12.4. The Bertz CT molecular complexity index is 737. The van der Waals surface area contributed by atoms with E-state index in [2.05, 4.69) is 10.2 Å². The molecular formula is C15H19N3O3. The van der Waals surface area contributed by atoms with Crippen LogP contribution >= 0.6 is 0 Å². The van der Waals surface area contributed by atoms with Crippen LogP contribution in [0.15, 0.2) is 10.9 Å². The first kappa shape index (κ1) is 15.0. The molecule has 0 saturated carbocycles. The first-order valence-electron chi connectivity index (χ1n) is 6.80. The van der Waals surface area contributed by atoms with E-state index in [0.29, 0.717) is 34.8 Å². The van der Waals surface area contributed by atoms with Gasteiger partial charge in [0.25, 0.3) is 5.56 Å². The van der Waals surface area contributed by atoms with Gasteiger partial charge in [0.05, 0.1) is 29.2 Å². The average molecular weight is 289 g/mol. The molecule has 2 aromatic heterocycles. The van der Waals surface area contributed by atoms with Crippen LogP contribution in [0.4, 0.5) is 0 Å². The highest BCUT2D eigenvalue weighted by molar-refractivity contribution is 5.92. The van der Waals surface area contributed by atoms with Gasteiger partial charge in [-0.25, -0.2) is 4.79 Å². The van der Waals surface area contributed by atoms with Gasteiger partial charge in [0.2, 0.25) is 0 Å². The Morgan fingerprint density at radius 3 is 2.52 bits per heavy atom. The lowest BCUT2D eigenvalue weighted by Crippen LogP contribution is -2.25. The zero-order valence-corrected chi connectivity index (χ0v) is 12.9. The normalized spacial score (nSPS) is 10.7. The molecular weight excluding hydrogens is 270 g/mol. The standard InChI is InChI=1S/C15H19N3O3/c1-6-21-15(20)13-8(2)7-12(19)18(11(13)5)14-9(3)16-17-10(14)4/h7H,6H2,1-5H3,(H,16,17). The first-order chi connectivity index (χ1) is 9.88. The fourth-order valence-corrected chi connectivity index (χ4v) is 2.55. The highest BCUT2D eigenvalue weighted by atomic mass is 16.5. The summed E-state index contributed by atoms with van der Waals surface area (Å²) in [7, 11) is 0. The molecule has 2 aromatic rings. The van der Waals surface area contributed by atoms with Crippen molar-refractivity contribution in [3.05, 3.63) is 44.6 Å². The van der Waals surface area contributed by atoms with Gasteiger partial charge < -0.3 is 4.74 Å². The van der Waals surface area contributed by atoms with Gasteiger partial charge in [-0.15, -0.1) is 0 Å². The summed E-state index contributed by atoms with van der Waals surface area (Å²) in [6.45, 7) is 9.18. The molecule has 0 spiro atoms. The highest BCUT2D eigenvalue weighted by Crippen LogP contribution is 2.20. The second-order valence-corrected chi connectivity index (χ2v) is 4.96. The number of aromatic amines is 1. The van der Waals surface area contributed by atoms with Gasteiger partial charge in [-0.05, 0) is 40.2 Å². The number of aryl methyl sites for hydroxylation is 3. The third-order valence-corrected chi connectivity index (χ3v) is 3.44. The molecule has 0 bridgehead atoms. The van der Waals surface area contributed by atoms with Crippen molar-refractivity contribution in [3.63, 3.8) is 0 Å². The molecule has 21 heavy (non-hydrogen) atoms. The van der Waals surface area contributed by atoms with Crippen LogP contribution in [0.2, 0.25) is 0 Å². The molecule has 0 atom stereocenters. The monoisotopic (exact) mass is 289 g/mol. The molecule has 2 rings (SSSR count). The molecule has 0 amide bonds. The summed E-state index contributed by atoms with van der Waals surface area (Å²) in [6, 6.07) is 1.45. The van der Waals surface area contributed by atoms with Crippen molar-refractivity contribution in [3.8, 4) is 5.69 Å². The SMILES string of the molecule is CCOC(=O)c1c(C)cc(=O)n(-c2c(C)n[nH]c2C)c1C. The number of hydrogen-bond acceptors (Lipinski definition) is 4. The first-order valence-corrected chi connectivity index (χ1v) is 6.80. The topological polar surface area (TPSA) is 77.0 Å². The largest absolute Gasteiger partial charge is 0.462 e. The summed E-state index contributed by atoms with van der Waals surface area (Å²) in [6.07, 6.45) is 0. The van der Waals surface area contributed by atoms with E-state index >= 15 is 0 Å². The maximum Gasteiger partial charge on any atom is 0.340 e. The summed E-state index contributed by atoms with van der Waals surface area (Å²) < 4.78 is 6.59. The molecule has 0 unspecified atom stereocenters. The van der Waals surface area contributed by atoms with Gasteiger partial charge in [0.1, 0.15) is 0 Å². The summed E-state index contributed by atoms with van der Waals surface area (Å²) in [5, 5.41) is 6.96. The molecule has 2 heterocycles. The predicted molar refractivity (Wildman–Crippen MR) is 79.1 cm³/mol. The number of pyridine rings is 1. The Kier molecular flexibility index (Phi) is 3.97. The third-order valence-electron chi connectivity index (χ3n) is 3.44. The number of hydrogen-bond donors (Lipinski definition) is 1. The Hall–Kier alpha value is -2.37. The van der Waals surface area contributed by atoms with E-state index in [1.54, 1.807) is 20.8 Å². The van der Waals surface area contributed by atoms with Gasteiger partial charge in [0.15, 0.2) is 0 Å². The van der Waals surface area contributed by atoms with E-state index < -0.39 is 5.97 Å². The van der Waals surface area contributed by atoms with E-state index in [9.17, 15) is 9.59 Å². The Morgan fingerprint density at radius 2 is 2.00 bits per heavy atom. The van der Waals surface area contributed by atoms with E-state index in [1.807, 2.05) is 13.8 Å². The van der Waals surface area contributed by atoms with Gasteiger partial charge in [-0.2, -0.15) is 5.10 Å². The minimum atomic E-state index is -0.417. The minimum absolute atomic E-state index is 0.189. The molecule has 0 saturated heterocycles. The summed E-state index contributed by atoms with van der Waals surface area (Å²) in [4.78, 5) is 24.5. The van der Waals surface area contributed by atoms with Crippen molar-refractivity contribution in [2.45, 2.75) is 34.6 Å². The van der Waals surface area contributed by atoms with Crippen molar-refractivity contribution in [2.24, 2.45) is 0 Å². The number of carbonyl (C=O) groups is 1. The lowest BCUT2D eigenvalue weighted by Gasteiger charge is -2.15. The lowest BCUT2D eigenvalue weighted by atomic mass is 10.1. The predicted octanol–water partition coefficient (Wildman–Crippen LogP) is 1.97. The van der Waals surface area contributed by atoms with Crippen molar-refractivity contribution in [1.82, 2.24) is 14.8 Å². The fraction of sp³-hybridized carbons (Fsp3) is 0.400. The van der Waals surface area contributed by atoms with E-state index in [4.69, 9.17) is 4.74 Å². The van der Waals surface area contributed by atoms with Crippen LogP contribution < -0.4 is 5.56 Å². The number of ether oxygens (including phenoxy) is 1. The number of nitrogens with one attached hydrogen (secondary N) is 1. The molecule has 0 radical (unpaired) electrons. The average Bonchev–Trinajstić information content (AvgIpc) is 2.70. The van der Waals surface area contributed by atoms with E-state index in [1.165, 1.54) is 10.6 Å². The van der Waals surface area contributed by atoms with Gasteiger partial charge >= 0.3 is 5.97 Å². The number of aromatic nitrogens is 3. The van der Waals surface area contributed by atoms with E-state index in [0.717, 1.165) is 5.69 Å². The smallest absolute Gasteiger partial charge is 0.340 e. The van der Waals surface area contributed by atoms with Gasteiger partial charge in [-0.1, -0.05) is 0 Å². The zero-order chi connectivity index (χ0) is 15.7. The molecule has 112 valence electrons. The number of nitrogens with zero attached hydrogens (tertiary/aromatic N) is 2. The molecule has 1 N–H and O–H groups in total. The van der Waals surface area contributed by atoms with Crippen LogP contribution in [-0.4, -0.2) is 27.3 Å². The van der Waals surface area contributed by atoms with E-state index in [-0.39, 0.29) is 5.56 Å². The van der Waals surface area contributed by atoms with Crippen molar-refractivity contribution in [1.29, 1.82) is 0 Å². The van der Waals surface area contributed by atoms with Crippen molar-refractivity contribution < 1.29 is 9.53 Å². The lowest BCUT2D eigenvalue weighted by molar-refractivity contribution is 0.0523. The van der Waals surface area contributed by atoms with Crippen molar-refractivity contribution >= 4 is 5.97 Å². The Labute approximate surface area is 122 Å². The van der Waals surface area contributed by atoms with Crippen LogP contribution in [0.3, 0.4) is 0 Å². The van der Waals surface area contributed by atoms with Crippen LogP contribution in [0.5, 0.6) is 0 Å². The number of carbonyl (C=O) groups excluding carboxylic acids is 1. The molecule has 0 aliphatic rings. The quantitative estimate of drug-likeness (QED) is 0.876. The maximum atomic E-state index is 12.4. The van der Waals surface area contributed by atoms with Crippen LogP contribution in [0.25, 0.3) is 5.69 Å². The Morgan fingerprint density at radius 1 is 1.33 bits per heavy atom. The summed E-state index contributed by atoms with van der Waals surface area (Å²) in [5.74, 6) is -0.417. The third kappa shape index (κ3) is 2.49. The number of H-pyrrole nitrogens is 1. The highest BCUT2D eigenvalue weighted by Gasteiger charge is 2.21. The van der Waals surface area contributed by atoms with Crippen molar-refractivity contribution in [2.75, 3.05) is 6.61 Å². The number of rotatable bonds is 3. The van der Waals surface area contributed by atoms with Gasteiger partial charge in [0, 0.05) is 11.8 Å². The molecule has 6 nitrogen and oxygen atoms in total. The molecule has 0 aromatic carbocycles. The second-order valence-electron chi connectivity index (χ2n) is 4.96. The summed E-state index contributed by atoms with van der Waals surface area (Å²) >= 11 is 0. The summed E-state index contributed by atoms with van der Waals surface area (Å²) in [5.41, 5.74) is 3.58. The van der Waals surface area contributed by atoms with Crippen LogP contribution in [0.1, 0.15) is 39.9 Å². The zero-order valence-electron chi connectivity index (χ0n) is 12.9. The Balaban J connectivity index is 2.77. The fourth-order valence-electron chi connectivity index (χ4n) is 2.55. The molecule has 0 fully saturated rings. The molecule has 0 aliphatic heterocycles. The van der Waals surface area contributed by atoms with Crippen LogP contribution in [0, 0.1) is 27.7 Å². The van der Waals surface area contributed by atoms with Crippen LogP contribution in [-0.2, 0) is 4.74 Å². The molecule has 0 aliphatic carbocycles. The van der Waals surface area contributed by atoms with Gasteiger partial charge in [-0.3, -0.25) is 14.5 Å². The minimum Gasteiger partial charge on any atom is -0.462 e.